The van der Waals surface area contributed by atoms with Crippen molar-refractivity contribution in [2.24, 2.45) is 4.99 Å². The molecule has 0 fully saturated rings. The van der Waals surface area contributed by atoms with E-state index in [1.807, 2.05) is 50.2 Å². The van der Waals surface area contributed by atoms with Gasteiger partial charge >= 0.3 is 0 Å². The van der Waals surface area contributed by atoms with Crippen LogP contribution in [0.25, 0.3) is 0 Å². The summed E-state index contributed by atoms with van der Waals surface area (Å²) in [5.41, 5.74) is 2.10. The molecule has 29 heavy (non-hydrogen) atoms. The van der Waals surface area contributed by atoms with Crippen LogP contribution in [0.5, 0.6) is 23.0 Å². The van der Waals surface area contributed by atoms with E-state index in [0.717, 1.165) is 11.3 Å². The molecule has 0 saturated carbocycles. The minimum absolute atomic E-state index is 0.0223. The van der Waals surface area contributed by atoms with Crippen LogP contribution in [0.4, 0.5) is 0 Å². The van der Waals surface area contributed by atoms with Gasteiger partial charge in [-0.1, -0.05) is 12.1 Å². The van der Waals surface area contributed by atoms with E-state index in [2.05, 4.69) is 15.6 Å². The van der Waals surface area contributed by atoms with Gasteiger partial charge in [0.25, 0.3) is 0 Å². The first kappa shape index (κ1) is 22.2. The summed E-state index contributed by atoms with van der Waals surface area (Å²) in [6, 6.07) is 11.7. The van der Waals surface area contributed by atoms with Crippen molar-refractivity contribution in [1.82, 2.24) is 10.6 Å². The molecule has 0 aliphatic rings. The second-order valence-corrected chi connectivity index (χ2v) is 6.57. The Morgan fingerprint density at radius 1 is 0.966 bits per heavy atom. The fraction of sp³-hybridized carbons (Fsp3) is 0.409. The molecule has 2 aromatic rings. The van der Waals surface area contributed by atoms with Gasteiger partial charge in [-0.15, -0.1) is 0 Å². The zero-order chi connectivity index (χ0) is 21.2. The van der Waals surface area contributed by atoms with Gasteiger partial charge in [-0.25, -0.2) is 0 Å². The van der Waals surface area contributed by atoms with Gasteiger partial charge in [0, 0.05) is 25.2 Å². The SMILES string of the molecule is CN=C(NCc1cc(OC)c(OC)cc1OC)NCC(C)Oc1cccc(C)c1. The highest BCUT2D eigenvalue weighted by Crippen LogP contribution is 2.34. The van der Waals surface area contributed by atoms with Crippen molar-refractivity contribution in [1.29, 1.82) is 0 Å². The lowest BCUT2D eigenvalue weighted by atomic mass is 10.1. The first-order valence-electron chi connectivity index (χ1n) is 9.47. The Morgan fingerprint density at radius 2 is 1.66 bits per heavy atom. The van der Waals surface area contributed by atoms with Crippen molar-refractivity contribution in [2.45, 2.75) is 26.5 Å². The summed E-state index contributed by atoms with van der Waals surface area (Å²) < 4.78 is 22.1. The molecule has 0 aromatic heterocycles. The van der Waals surface area contributed by atoms with E-state index in [1.165, 1.54) is 5.56 Å². The Morgan fingerprint density at radius 3 is 2.28 bits per heavy atom. The van der Waals surface area contributed by atoms with E-state index in [9.17, 15) is 0 Å². The van der Waals surface area contributed by atoms with Crippen molar-refractivity contribution in [3.63, 3.8) is 0 Å². The van der Waals surface area contributed by atoms with Crippen molar-refractivity contribution in [3.05, 3.63) is 47.5 Å². The highest BCUT2D eigenvalue weighted by molar-refractivity contribution is 5.79. The number of hydrogen-bond donors (Lipinski definition) is 2. The maximum absolute atomic E-state index is 5.95. The van der Waals surface area contributed by atoms with Crippen LogP contribution in [-0.2, 0) is 6.54 Å². The summed E-state index contributed by atoms with van der Waals surface area (Å²) in [4.78, 5) is 4.27. The average molecular weight is 402 g/mol. The van der Waals surface area contributed by atoms with Crippen molar-refractivity contribution >= 4 is 5.96 Å². The van der Waals surface area contributed by atoms with E-state index in [0.29, 0.717) is 36.3 Å². The maximum Gasteiger partial charge on any atom is 0.191 e. The number of nitrogens with zero attached hydrogens (tertiary/aromatic N) is 1. The average Bonchev–Trinajstić information content (AvgIpc) is 2.73. The van der Waals surface area contributed by atoms with Crippen LogP contribution in [0.3, 0.4) is 0 Å². The molecule has 2 rings (SSSR count). The van der Waals surface area contributed by atoms with Gasteiger partial charge in [-0.2, -0.15) is 0 Å². The zero-order valence-corrected chi connectivity index (χ0v) is 18.0. The standard InChI is InChI=1S/C22H31N3O4/c1-15-8-7-9-18(10-15)29-16(2)13-24-22(23-3)25-14-17-11-20(27-5)21(28-6)12-19(17)26-4/h7-12,16H,13-14H2,1-6H3,(H2,23,24,25). The lowest BCUT2D eigenvalue weighted by Gasteiger charge is -2.19. The van der Waals surface area contributed by atoms with Crippen molar-refractivity contribution in [2.75, 3.05) is 34.9 Å². The molecule has 7 nitrogen and oxygen atoms in total. The first-order chi connectivity index (χ1) is 14.0. The Balaban J connectivity index is 1.93. The van der Waals surface area contributed by atoms with E-state index in [-0.39, 0.29) is 6.10 Å². The van der Waals surface area contributed by atoms with Crippen molar-refractivity contribution in [3.8, 4) is 23.0 Å². The summed E-state index contributed by atoms with van der Waals surface area (Å²) in [6.07, 6.45) is -0.0223. The zero-order valence-electron chi connectivity index (χ0n) is 18.0. The molecular weight excluding hydrogens is 370 g/mol. The summed E-state index contributed by atoms with van der Waals surface area (Å²) in [5.74, 6) is 3.51. The number of aliphatic imine (C=N–C) groups is 1. The number of benzene rings is 2. The normalized spacial score (nSPS) is 12.1. The topological polar surface area (TPSA) is 73.3 Å². The Hall–Kier alpha value is -3.09. The third kappa shape index (κ3) is 6.48. The second-order valence-electron chi connectivity index (χ2n) is 6.57. The molecule has 2 aromatic carbocycles. The molecule has 0 aliphatic heterocycles. The number of hydrogen-bond acceptors (Lipinski definition) is 5. The Labute approximate surface area is 173 Å². The fourth-order valence-electron chi connectivity index (χ4n) is 2.83. The molecule has 0 radical (unpaired) electrons. The molecule has 158 valence electrons. The number of aryl methyl sites for hydroxylation is 1. The van der Waals surface area contributed by atoms with Gasteiger partial charge in [-0.05, 0) is 37.6 Å². The van der Waals surface area contributed by atoms with Crippen LogP contribution in [-0.4, -0.2) is 47.0 Å². The number of guanidine groups is 1. The first-order valence-corrected chi connectivity index (χ1v) is 9.47. The summed E-state index contributed by atoms with van der Waals surface area (Å²) in [5, 5.41) is 6.56. The molecule has 0 aliphatic carbocycles. The third-order valence-electron chi connectivity index (χ3n) is 4.34. The van der Waals surface area contributed by atoms with Crippen LogP contribution < -0.4 is 29.6 Å². The molecule has 0 amide bonds. The van der Waals surface area contributed by atoms with Gasteiger partial charge in [0.2, 0.25) is 0 Å². The van der Waals surface area contributed by atoms with Gasteiger partial charge in [-0.3, -0.25) is 4.99 Å². The van der Waals surface area contributed by atoms with E-state index < -0.39 is 0 Å². The minimum atomic E-state index is -0.0223. The quantitative estimate of drug-likeness (QED) is 0.497. The minimum Gasteiger partial charge on any atom is -0.496 e. The monoisotopic (exact) mass is 401 g/mol. The Bertz CT molecular complexity index is 824. The lowest BCUT2D eigenvalue weighted by molar-refractivity contribution is 0.223. The predicted octanol–water partition coefficient (Wildman–Crippen LogP) is 3.15. The van der Waals surface area contributed by atoms with Crippen molar-refractivity contribution < 1.29 is 18.9 Å². The van der Waals surface area contributed by atoms with E-state index in [4.69, 9.17) is 18.9 Å². The predicted molar refractivity (Wildman–Crippen MR) is 116 cm³/mol. The number of methoxy groups -OCH3 is 3. The molecule has 0 bridgehead atoms. The smallest absolute Gasteiger partial charge is 0.191 e. The third-order valence-corrected chi connectivity index (χ3v) is 4.34. The van der Waals surface area contributed by atoms with Crippen LogP contribution >= 0.6 is 0 Å². The van der Waals surface area contributed by atoms with Crippen LogP contribution in [0, 0.1) is 6.92 Å². The largest absolute Gasteiger partial charge is 0.496 e. The fourth-order valence-corrected chi connectivity index (χ4v) is 2.83. The molecule has 0 heterocycles. The van der Waals surface area contributed by atoms with E-state index >= 15 is 0 Å². The van der Waals surface area contributed by atoms with Gasteiger partial charge in [0.1, 0.15) is 17.6 Å². The van der Waals surface area contributed by atoms with Gasteiger partial charge in [0.15, 0.2) is 17.5 Å². The Kier molecular flexibility index (Phi) is 8.45. The highest BCUT2D eigenvalue weighted by atomic mass is 16.5. The number of ether oxygens (including phenoxy) is 4. The second kappa shape index (κ2) is 11.0. The van der Waals surface area contributed by atoms with Crippen LogP contribution in [0.15, 0.2) is 41.4 Å². The maximum atomic E-state index is 5.95. The molecule has 1 unspecified atom stereocenters. The van der Waals surface area contributed by atoms with Crippen LogP contribution in [0.2, 0.25) is 0 Å². The molecule has 7 heteroatoms. The van der Waals surface area contributed by atoms with Gasteiger partial charge in [0.05, 0.1) is 27.9 Å². The summed E-state index contributed by atoms with van der Waals surface area (Å²) >= 11 is 0. The van der Waals surface area contributed by atoms with Crippen LogP contribution in [0.1, 0.15) is 18.1 Å². The molecular formula is C22H31N3O4. The number of rotatable bonds is 9. The molecule has 1 atom stereocenters. The lowest BCUT2D eigenvalue weighted by Crippen LogP contribution is -2.41. The summed E-state index contributed by atoms with van der Waals surface area (Å²) in [6.45, 7) is 5.18. The highest BCUT2D eigenvalue weighted by Gasteiger charge is 2.13. The molecule has 0 saturated heterocycles. The molecule has 0 spiro atoms. The molecule has 2 N–H and O–H groups in total. The van der Waals surface area contributed by atoms with E-state index in [1.54, 1.807) is 28.4 Å². The van der Waals surface area contributed by atoms with Gasteiger partial charge < -0.3 is 29.6 Å². The summed E-state index contributed by atoms with van der Waals surface area (Å²) in [7, 11) is 6.56. The number of nitrogens with one attached hydrogen (secondary N) is 2.